The molecule has 1 aromatic heterocycles. The van der Waals surface area contributed by atoms with Crippen LogP contribution in [-0.2, 0) is 11.3 Å². The maximum absolute atomic E-state index is 5.93. The van der Waals surface area contributed by atoms with Crippen molar-refractivity contribution >= 4 is 16.5 Å². The topological polar surface area (TPSA) is 37.4 Å². The Balaban J connectivity index is 1.97. The zero-order valence-corrected chi connectivity index (χ0v) is 13.2. The van der Waals surface area contributed by atoms with Crippen LogP contribution in [0.3, 0.4) is 0 Å². The smallest absolute Gasteiger partial charge is 0.185 e. The molecule has 1 saturated heterocycles. The van der Waals surface area contributed by atoms with Crippen molar-refractivity contribution < 1.29 is 4.74 Å². The van der Waals surface area contributed by atoms with Crippen LogP contribution in [0.15, 0.2) is 6.20 Å². The van der Waals surface area contributed by atoms with Crippen molar-refractivity contribution in [1.29, 1.82) is 0 Å². The minimum atomic E-state index is -0.0933. The van der Waals surface area contributed by atoms with Crippen molar-refractivity contribution in [3.8, 4) is 0 Å². The SMILES string of the molecule is CCCNCc1cnc(N2CC(C)OC(C)(C)C2)s1. The minimum Gasteiger partial charge on any atom is -0.369 e. The van der Waals surface area contributed by atoms with Gasteiger partial charge in [-0.15, -0.1) is 11.3 Å². The molecule has 2 rings (SSSR count). The van der Waals surface area contributed by atoms with Gasteiger partial charge in [0, 0.05) is 30.7 Å². The summed E-state index contributed by atoms with van der Waals surface area (Å²) < 4.78 is 5.93. The monoisotopic (exact) mass is 283 g/mol. The van der Waals surface area contributed by atoms with Gasteiger partial charge in [-0.1, -0.05) is 6.92 Å². The second-order valence-corrected chi connectivity index (χ2v) is 6.95. The fourth-order valence-electron chi connectivity index (χ4n) is 2.51. The Labute approximate surface area is 120 Å². The van der Waals surface area contributed by atoms with Crippen LogP contribution in [0, 0.1) is 0 Å². The van der Waals surface area contributed by atoms with Crippen molar-refractivity contribution in [1.82, 2.24) is 10.3 Å². The van der Waals surface area contributed by atoms with Crippen LogP contribution >= 0.6 is 11.3 Å². The quantitative estimate of drug-likeness (QED) is 0.843. The van der Waals surface area contributed by atoms with Gasteiger partial charge in [0.15, 0.2) is 5.13 Å². The molecular weight excluding hydrogens is 258 g/mol. The molecule has 1 aromatic rings. The lowest BCUT2D eigenvalue weighted by molar-refractivity contribution is -0.0749. The lowest BCUT2D eigenvalue weighted by Gasteiger charge is -2.41. The average Bonchev–Trinajstić information content (AvgIpc) is 2.75. The first-order chi connectivity index (χ1) is 9.00. The molecule has 108 valence electrons. The fraction of sp³-hybridized carbons (Fsp3) is 0.786. The molecule has 0 spiro atoms. The van der Waals surface area contributed by atoms with Gasteiger partial charge >= 0.3 is 0 Å². The summed E-state index contributed by atoms with van der Waals surface area (Å²) in [6, 6.07) is 0. The molecule has 1 unspecified atom stereocenters. The molecule has 1 atom stereocenters. The van der Waals surface area contributed by atoms with Gasteiger partial charge in [-0.25, -0.2) is 4.98 Å². The van der Waals surface area contributed by atoms with E-state index in [1.807, 2.05) is 6.20 Å². The van der Waals surface area contributed by atoms with E-state index in [0.29, 0.717) is 0 Å². The highest BCUT2D eigenvalue weighted by Crippen LogP contribution is 2.29. The van der Waals surface area contributed by atoms with Crippen molar-refractivity contribution in [2.24, 2.45) is 0 Å². The van der Waals surface area contributed by atoms with E-state index in [1.54, 1.807) is 11.3 Å². The Hall–Kier alpha value is -0.650. The van der Waals surface area contributed by atoms with E-state index in [9.17, 15) is 0 Å². The molecule has 1 aliphatic heterocycles. The number of thiazole rings is 1. The number of nitrogens with zero attached hydrogens (tertiary/aromatic N) is 2. The van der Waals surface area contributed by atoms with Crippen LogP contribution in [0.25, 0.3) is 0 Å². The zero-order valence-electron chi connectivity index (χ0n) is 12.4. The summed E-state index contributed by atoms with van der Waals surface area (Å²) in [5.41, 5.74) is -0.0933. The third-order valence-corrected chi connectivity index (χ3v) is 4.17. The number of anilines is 1. The third kappa shape index (κ3) is 4.16. The van der Waals surface area contributed by atoms with Crippen molar-refractivity contribution in [2.45, 2.75) is 52.4 Å². The maximum Gasteiger partial charge on any atom is 0.185 e. The molecule has 0 aliphatic carbocycles. The van der Waals surface area contributed by atoms with Crippen LogP contribution in [0.2, 0.25) is 0 Å². The molecular formula is C14H25N3OS. The van der Waals surface area contributed by atoms with Gasteiger partial charge in [-0.2, -0.15) is 0 Å². The number of hydrogen-bond donors (Lipinski definition) is 1. The van der Waals surface area contributed by atoms with Gasteiger partial charge in [0.25, 0.3) is 0 Å². The summed E-state index contributed by atoms with van der Waals surface area (Å²) in [4.78, 5) is 8.22. The van der Waals surface area contributed by atoms with E-state index < -0.39 is 0 Å². The highest BCUT2D eigenvalue weighted by atomic mass is 32.1. The third-order valence-electron chi connectivity index (χ3n) is 3.11. The van der Waals surface area contributed by atoms with Gasteiger partial charge in [-0.05, 0) is 33.7 Å². The predicted octanol–water partition coefficient (Wildman–Crippen LogP) is 2.65. The molecule has 0 amide bonds. The van der Waals surface area contributed by atoms with Gasteiger partial charge in [-0.3, -0.25) is 0 Å². The molecule has 1 N–H and O–H groups in total. The van der Waals surface area contributed by atoms with Crippen molar-refractivity contribution in [3.05, 3.63) is 11.1 Å². The largest absolute Gasteiger partial charge is 0.369 e. The Morgan fingerprint density at radius 1 is 1.58 bits per heavy atom. The standard InChI is InChI=1S/C14H25N3OS/c1-5-6-15-7-12-8-16-13(19-12)17-9-11(2)18-14(3,4)10-17/h8,11,15H,5-7,9-10H2,1-4H3. The molecule has 4 nitrogen and oxygen atoms in total. The van der Waals surface area contributed by atoms with E-state index in [1.165, 1.54) is 11.3 Å². The number of hydrogen-bond acceptors (Lipinski definition) is 5. The number of rotatable bonds is 5. The number of ether oxygens (including phenoxy) is 1. The highest BCUT2D eigenvalue weighted by molar-refractivity contribution is 7.15. The summed E-state index contributed by atoms with van der Waals surface area (Å²) in [5.74, 6) is 0. The van der Waals surface area contributed by atoms with E-state index in [2.05, 4.69) is 42.9 Å². The molecule has 1 aliphatic rings. The minimum absolute atomic E-state index is 0.0933. The summed E-state index contributed by atoms with van der Waals surface area (Å²) in [7, 11) is 0. The Morgan fingerprint density at radius 3 is 3.05 bits per heavy atom. The number of nitrogens with one attached hydrogen (secondary N) is 1. The second kappa shape index (κ2) is 6.20. The Bertz CT molecular complexity index is 405. The van der Waals surface area contributed by atoms with Crippen LogP contribution < -0.4 is 10.2 Å². The van der Waals surface area contributed by atoms with E-state index in [0.717, 1.165) is 31.3 Å². The van der Waals surface area contributed by atoms with Crippen molar-refractivity contribution in [2.75, 3.05) is 24.5 Å². The molecule has 5 heteroatoms. The maximum atomic E-state index is 5.93. The average molecular weight is 283 g/mol. The second-order valence-electron chi connectivity index (χ2n) is 5.85. The Morgan fingerprint density at radius 2 is 2.37 bits per heavy atom. The van der Waals surface area contributed by atoms with Crippen LogP contribution in [0.1, 0.15) is 39.0 Å². The number of aromatic nitrogens is 1. The molecule has 0 saturated carbocycles. The van der Waals surface area contributed by atoms with E-state index in [-0.39, 0.29) is 11.7 Å². The first-order valence-electron chi connectivity index (χ1n) is 7.08. The van der Waals surface area contributed by atoms with Gasteiger partial charge in [0.05, 0.1) is 11.7 Å². The lowest BCUT2D eigenvalue weighted by atomic mass is 10.1. The first kappa shape index (κ1) is 14.8. The molecule has 1 fully saturated rings. The first-order valence-corrected chi connectivity index (χ1v) is 7.90. The summed E-state index contributed by atoms with van der Waals surface area (Å²) in [5, 5.41) is 4.54. The van der Waals surface area contributed by atoms with E-state index >= 15 is 0 Å². The highest BCUT2D eigenvalue weighted by Gasteiger charge is 2.32. The van der Waals surface area contributed by atoms with Crippen LogP contribution in [0.4, 0.5) is 5.13 Å². The van der Waals surface area contributed by atoms with Gasteiger partial charge in [0.2, 0.25) is 0 Å². The summed E-state index contributed by atoms with van der Waals surface area (Å²) in [6.45, 7) is 12.4. The summed E-state index contributed by atoms with van der Waals surface area (Å²) >= 11 is 1.79. The predicted molar refractivity (Wildman–Crippen MR) is 81.0 cm³/mol. The van der Waals surface area contributed by atoms with Crippen LogP contribution in [0.5, 0.6) is 0 Å². The van der Waals surface area contributed by atoms with Gasteiger partial charge in [0.1, 0.15) is 0 Å². The van der Waals surface area contributed by atoms with Crippen molar-refractivity contribution in [3.63, 3.8) is 0 Å². The lowest BCUT2D eigenvalue weighted by Crippen LogP contribution is -2.52. The van der Waals surface area contributed by atoms with Gasteiger partial charge < -0.3 is 15.0 Å². The van der Waals surface area contributed by atoms with E-state index in [4.69, 9.17) is 4.74 Å². The molecule has 2 heterocycles. The zero-order chi connectivity index (χ0) is 13.9. The molecule has 0 bridgehead atoms. The fourth-order valence-corrected chi connectivity index (χ4v) is 3.40. The molecule has 0 aromatic carbocycles. The molecule has 19 heavy (non-hydrogen) atoms. The summed E-state index contributed by atoms with van der Waals surface area (Å²) in [6.07, 6.45) is 3.42. The molecule has 0 radical (unpaired) electrons. The number of morpholine rings is 1. The Kier molecular flexibility index (Phi) is 4.81. The normalized spacial score (nSPS) is 22.7. The van der Waals surface area contributed by atoms with Crippen LogP contribution in [-0.4, -0.2) is 36.3 Å².